The smallest absolute Gasteiger partial charge is 0.263 e. The molecular formula is C21H16FN3O5S3. The number of nitrogens with one attached hydrogen (secondary N) is 1. The van der Waals surface area contributed by atoms with Crippen LogP contribution in [-0.2, 0) is 19.6 Å². The lowest BCUT2D eigenvalue weighted by Crippen LogP contribution is -2.40. The number of furan rings is 1. The van der Waals surface area contributed by atoms with Crippen LogP contribution < -0.4 is 5.32 Å². The number of fused-ring (bicyclic) bond motifs is 1. The van der Waals surface area contributed by atoms with Gasteiger partial charge in [-0.15, -0.1) is 0 Å². The SMILES string of the molecule is O=C1NC(=S)S/C1=C\c1cc2cncc(-c3ccc(S(=O)(=O)N4CCOCC4)c(F)c3)c2o1. The quantitative estimate of drug-likeness (QED) is 0.426. The van der Waals surface area contributed by atoms with Gasteiger partial charge < -0.3 is 14.5 Å². The lowest BCUT2D eigenvalue weighted by Gasteiger charge is -2.26. The molecule has 1 aromatic carbocycles. The van der Waals surface area contributed by atoms with E-state index in [1.54, 1.807) is 18.3 Å². The van der Waals surface area contributed by atoms with Crippen molar-refractivity contribution in [2.75, 3.05) is 26.3 Å². The van der Waals surface area contributed by atoms with Gasteiger partial charge >= 0.3 is 0 Å². The summed E-state index contributed by atoms with van der Waals surface area (Å²) in [5, 5.41) is 3.19. The van der Waals surface area contributed by atoms with E-state index in [-0.39, 0.29) is 32.2 Å². The van der Waals surface area contributed by atoms with Gasteiger partial charge in [-0.05, 0) is 23.8 Å². The summed E-state index contributed by atoms with van der Waals surface area (Å²) >= 11 is 6.13. The molecule has 170 valence electrons. The Morgan fingerprint density at radius 3 is 2.70 bits per heavy atom. The summed E-state index contributed by atoms with van der Waals surface area (Å²) in [5.41, 5.74) is 1.34. The van der Waals surface area contributed by atoms with Gasteiger partial charge in [-0.1, -0.05) is 30.0 Å². The van der Waals surface area contributed by atoms with Crippen LogP contribution in [0.25, 0.3) is 28.2 Å². The third-order valence-corrected chi connectivity index (χ3v) is 8.28. The first kappa shape index (κ1) is 22.2. The fourth-order valence-electron chi connectivity index (χ4n) is 3.61. The number of halogens is 1. The molecule has 2 fully saturated rings. The van der Waals surface area contributed by atoms with Crippen LogP contribution in [0.1, 0.15) is 5.76 Å². The van der Waals surface area contributed by atoms with E-state index >= 15 is 0 Å². The van der Waals surface area contributed by atoms with Crippen molar-refractivity contribution in [3.8, 4) is 11.1 Å². The number of aromatic nitrogens is 1. The number of thioether (sulfide) groups is 1. The lowest BCUT2D eigenvalue weighted by molar-refractivity contribution is -0.115. The normalized spacial score (nSPS) is 18.9. The Labute approximate surface area is 197 Å². The Kier molecular flexibility index (Phi) is 5.79. The zero-order valence-corrected chi connectivity index (χ0v) is 19.4. The van der Waals surface area contributed by atoms with Gasteiger partial charge in [0.1, 0.15) is 26.4 Å². The first-order valence-corrected chi connectivity index (χ1v) is 12.5. The number of ether oxygens (including phenoxy) is 1. The van der Waals surface area contributed by atoms with Gasteiger partial charge in [-0.3, -0.25) is 9.78 Å². The van der Waals surface area contributed by atoms with E-state index in [9.17, 15) is 17.6 Å². The number of sulfonamides is 1. The van der Waals surface area contributed by atoms with E-state index in [4.69, 9.17) is 21.4 Å². The van der Waals surface area contributed by atoms with Gasteiger partial charge in [0, 0.05) is 42.5 Å². The minimum Gasteiger partial charge on any atom is -0.456 e. The second-order valence-electron chi connectivity index (χ2n) is 7.27. The molecule has 3 aromatic rings. The highest BCUT2D eigenvalue weighted by molar-refractivity contribution is 8.26. The largest absolute Gasteiger partial charge is 0.456 e. The van der Waals surface area contributed by atoms with Crippen molar-refractivity contribution in [1.29, 1.82) is 0 Å². The number of nitrogens with zero attached hydrogens (tertiary/aromatic N) is 2. The Morgan fingerprint density at radius 1 is 1.21 bits per heavy atom. The highest BCUT2D eigenvalue weighted by Gasteiger charge is 2.29. The molecule has 1 N–H and O–H groups in total. The Bertz CT molecular complexity index is 1430. The predicted octanol–water partition coefficient (Wildman–Crippen LogP) is 3.14. The number of hydrogen-bond acceptors (Lipinski definition) is 8. The van der Waals surface area contributed by atoms with Gasteiger partial charge in [-0.2, -0.15) is 4.31 Å². The number of thiocarbonyl (C=S) groups is 1. The molecule has 2 aliphatic rings. The first-order valence-electron chi connectivity index (χ1n) is 9.83. The summed E-state index contributed by atoms with van der Waals surface area (Å²) in [6.45, 7) is 0.905. The van der Waals surface area contributed by atoms with Crippen molar-refractivity contribution in [1.82, 2.24) is 14.6 Å². The summed E-state index contributed by atoms with van der Waals surface area (Å²) in [6.07, 6.45) is 4.67. The van der Waals surface area contributed by atoms with Crippen LogP contribution in [0.3, 0.4) is 0 Å². The van der Waals surface area contributed by atoms with Crippen LogP contribution in [0.15, 0.2) is 50.9 Å². The molecule has 33 heavy (non-hydrogen) atoms. The number of amides is 1. The fraction of sp³-hybridized carbons (Fsp3) is 0.190. The van der Waals surface area contributed by atoms with E-state index in [0.29, 0.717) is 37.1 Å². The number of pyridine rings is 1. The number of benzene rings is 1. The molecule has 12 heteroatoms. The van der Waals surface area contributed by atoms with Crippen LogP contribution >= 0.6 is 24.0 Å². The standard InChI is InChI=1S/C21H16FN3O5S3/c22-16-8-12(1-2-18(16)33(27,28)25-3-5-29-6-4-25)15-11-23-10-13-7-14(30-19(13)15)9-17-20(26)24-21(31)32-17/h1-2,7-11H,3-6H2,(H,24,26,31)/b17-9-. The molecular weight excluding hydrogens is 489 g/mol. The van der Waals surface area contributed by atoms with Crippen molar-refractivity contribution >= 4 is 61.3 Å². The summed E-state index contributed by atoms with van der Waals surface area (Å²) in [4.78, 5) is 16.1. The van der Waals surface area contributed by atoms with Crippen molar-refractivity contribution in [3.63, 3.8) is 0 Å². The van der Waals surface area contributed by atoms with E-state index in [0.717, 1.165) is 17.8 Å². The third-order valence-electron chi connectivity index (χ3n) is 5.19. The summed E-state index contributed by atoms with van der Waals surface area (Å²) in [6, 6.07) is 5.64. The van der Waals surface area contributed by atoms with E-state index < -0.39 is 20.7 Å². The first-order chi connectivity index (χ1) is 15.8. The molecule has 2 aromatic heterocycles. The predicted molar refractivity (Wildman–Crippen MR) is 125 cm³/mol. The monoisotopic (exact) mass is 505 g/mol. The lowest BCUT2D eigenvalue weighted by atomic mass is 10.1. The minimum absolute atomic E-state index is 0.179. The van der Waals surface area contributed by atoms with E-state index in [1.165, 1.54) is 22.6 Å². The zero-order valence-electron chi connectivity index (χ0n) is 16.9. The molecule has 0 aliphatic carbocycles. The maximum Gasteiger partial charge on any atom is 0.263 e. The molecule has 0 radical (unpaired) electrons. The van der Waals surface area contributed by atoms with Gasteiger partial charge in [0.2, 0.25) is 10.0 Å². The molecule has 0 bridgehead atoms. The zero-order chi connectivity index (χ0) is 23.2. The second-order valence-corrected chi connectivity index (χ2v) is 10.9. The Morgan fingerprint density at radius 2 is 2.00 bits per heavy atom. The molecule has 0 saturated carbocycles. The number of hydrogen-bond donors (Lipinski definition) is 1. The number of rotatable bonds is 4. The van der Waals surface area contributed by atoms with Gasteiger partial charge in [0.25, 0.3) is 5.91 Å². The number of carbonyl (C=O) groups excluding carboxylic acids is 1. The van der Waals surface area contributed by atoms with Crippen molar-refractivity contribution in [3.05, 3.63) is 53.1 Å². The van der Waals surface area contributed by atoms with Crippen LogP contribution in [0.2, 0.25) is 0 Å². The van der Waals surface area contributed by atoms with Crippen molar-refractivity contribution in [2.45, 2.75) is 4.90 Å². The molecule has 0 atom stereocenters. The fourth-order valence-corrected chi connectivity index (χ4v) is 6.09. The maximum absolute atomic E-state index is 15.0. The summed E-state index contributed by atoms with van der Waals surface area (Å²) < 4.78 is 53.3. The topological polar surface area (TPSA) is 102 Å². The van der Waals surface area contributed by atoms with Gasteiger partial charge in [0.15, 0.2) is 0 Å². The maximum atomic E-state index is 15.0. The highest BCUT2D eigenvalue weighted by Crippen LogP contribution is 2.34. The van der Waals surface area contributed by atoms with Gasteiger partial charge in [-0.25, -0.2) is 12.8 Å². The van der Waals surface area contributed by atoms with Crippen LogP contribution in [0.5, 0.6) is 0 Å². The Hall–Kier alpha value is -2.64. The average Bonchev–Trinajstić information content (AvgIpc) is 3.35. The van der Waals surface area contributed by atoms with E-state index in [2.05, 4.69) is 10.3 Å². The van der Waals surface area contributed by atoms with Crippen LogP contribution in [0, 0.1) is 5.82 Å². The highest BCUT2D eigenvalue weighted by atomic mass is 32.2. The average molecular weight is 506 g/mol. The molecule has 2 saturated heterocycles. The third kappa shape index (κ3) is 4.20. The van der Waals surface area contributed by atoms with Crippen LogP contribution in [-0.4, -0.2) is 54.2 Å². The second kappa shape index (κ2) is 8.61. The summed E-state index contributed by atoms with van der Waals surface area (Å²) in [7, 11) is -3.97. The minimum atomic E-state index is -3.97. The molecule has 8 nitrogen and oxygen atoms in total. The molecule has 5 rings (SSSR count). The number of morpholine rings is 1. The van der Waals surface area contributed by atoms with Crippen molar-refractivity contribution < 1.29 is 26.8 Å². The molecule has 0 spiro atoms. The Balaban J connectivity index is 1.51. The van der Waals surface area contributed by atoms with Gasteiger partial charge in [0.05, 0.1) is 18.1 Å². The van der Waals surface area contributed by atoms with Crippen LogP contribution in [0.4, 0.5) is 4.39 Å². The molecule has 4 heterocycles. The molecule has 0 unspecified atom stereocenters. The molecule has 1 amide bonds. The molecule has 2 aliphatic heterocycles. The van der Waals surface area contributed by atoms with E-state index in [1.807, 2.05) is 0 Å². The van der Waals surface area contributed by atoms with Crippen molar-refractivity contribution in [2.24, 2.45) is 0 Å². The number of carbonyl (C=O) groups is 1. The summed E-state index contributed by atoms with van der Waals surface area (Å²) in [5.74, 6) is -0.756.